The van der Waals surface area contributed by atoms with Crippen LogP contribution in [0.2, 0.25) is 5.02 Å². The molecular formula is C9H12ClNO. The van der Waals surface area contributed by atoms with E-state index in [9.17, 15) is 5.11 Å². The number of halogens is 1. The molecule has 1 aromatic rings. The summed E-state index contributed by atoms with van der Waals surface area (Å²) in [6.07, 6.45) is 0. The van der Waals surface area contributed by atoms with Gasteiger partial charge >= 0.3 is 0 Å². The Morgan fingerprint density at radius 3 is 2.58 bits per heavy atom. The van der Waals surface area contributed by atoms with Crippen LogP contribution in [0.25, 0.3) is 0 Å². The molecule has 0 radical (unpaired) electrons. The van der Waals surface area contributed by atoms with Crippen LogP contribution < -0.4 is 5.73 Å². The largest absolute Gasteiger partial charge is 0.506 e. The van der Waals surface area contributed by atoms with Crippen LogP contribution in [-0.2, 0) is 0 Å². The SMILES string of the molecule is Cc1cc(Cl)c(O)cc1C(C)N. The van der Waals surface area contributed by atoms with Crippen LogP contribution in [0.1, 0.15) is 24.1 Å². The summed E-state index contributed by atoms with van der Waals surface area (Å²) in [5, 5.41) is 9.66. The average molecular weight is 186 g/mol. The lowest BCUT2D eigenvalue weighted by Crippen LogP contribution is -2.06. The third-order valence-corrected chi connectivity index (χ3v) is 2.13. The fraction of sp³-hybridized carbons (Fsp3) is 0.333. The second kappa shape index (κ2) is 3.33. The number of benzene rings is 1. The minimum absolute atomic E-state index is 0.0758. The normalized spacial score (nSPS) is 13.0. The maximum Gasteiger partial charge on any atom is 0.134 e. The van der Waals surface area contributed by atoms with E-state index in [0.29, 0.717) is 5.02 Å². The molecule has 1 atom stereocenters. The van der Waals surface area contributed by atoms with Crippen molar-refractivity contribution >= 4 is 11.6 Å². The van der Waals surface area contributed by atoms with Crippen LogP contribution in [0.4, 0.5) is 0 Å². The van der Waals surface area contributed by atoms with Crippen molar-refractivity contribution in [2.45, 2.75) is 19.9 Å². The van der Waals surface area contributed by atoms with Crippen molar-refractivity contribution in [2.75, 3.05) is 0 Å². The fourth-order valence-corrected chi connectivity index (χ4v) is 1.39. The topological polar surface area (TPSA) is 46.2 Å². The zero-order valence-corrected chi connectivity index (χ0v) is 7.89. The van der Waals surface area contributed by atoms with Gasteiger partial charge in [0.2, 0.25) is 0 Å². The van der Waals surface area contributed by atoms with Crippen molar-refractivity contribution < 1.29 is 5.11 Å². The first-order valence-corrected chi connectivity index (χ1v) is 4.14. The molecule has 0 aliphatic rings. The van der Waals surface area contributed by atoms with Gasteiger partial charge in [0.05, 0.1) is 5.02 Å². The standard InChI is InChI=1S/C9H12ClNO/c1-5-3-8(10)9(12)4-7(5)6(2)11/h3-4,6,12H,11H2,1-2H3. The summed E-state index contributed by atoms with van der Waals surface area (Å²) in [6, 6.07) is 3.26. The Bertz CT molecular complexity index is 297. The molecule has 12 heavy (non-hydrogen) atoms. The number of rotatable bonds is 1. The van der Waals surface area contributed by atoms with Crippen molar-refractivity contribution in [3.63, 3.8) is 0 Å². The number of phenols is 1. The molecule has 66 valence electrons. The van der Waals surface area contributed by atoms with E-state index in [1.165, 1.54) is 0 Å². The number of hydrogen-bond acceptors (Lipinski definition) is 2. The number of hydrogen-bond donors (Lipinski definition) is 2. The molecule has 1 rings (SSSR count). The van der Waals surface area contributed by atoms with Crippen LogP contribution in [0.3, 0.4) is 0 Å². The van der Waals surface area contributed by atoms with E-state index in [2.05, 4.69) is 0 Å². The van der Waals surface area contributed by atoms with Crippen LogP contribution in [0.15, 0.2) is 12.1 Å². The lowest BCUT2D eigenvalue weighted by atomic mass is 10.0. The number of phenolic OH excluding ortho intramolecular Hbond substituents is 1. The zero-order valence-electron chi connectivity index (χ0n) is 7.13. The highest BCUT2D eigenvalue weighted by atomic mass is 35.5. The molecule has 1 unspecified atom stereocenters. The minimum atomic E-state index is -0.0758. The van der Waals surface area contributed by atoms with Crippen molar-refractivity contribution in [1.82, 2.24) is 0 Å². The number of nitrogens with two attached hydrogens (primary N) is 1. The molecule has 0 spiro atoms. The summed E-state index contributed by atoms with van der Waals surface area (Å²) in [5.74, 6) is 0.0922. The second-order valence-electron chi connectivity index (χ2n) is 2.95. The third kappa shape index (κ3) is 1.71. The van der Waals surface area contributed by atoms with Gasteiger partial charge in [-0.2, -0.15) is 0 Å². The first-order chi connectivity index (χ1) is 5.52. The highest BCUT2D eigenvalue weighted by Gasteiger charge is 2.07. The summed E-state index contributed by atoms with van der Waals surface area (Å²) >= 11 is 5.70. The van der Waals surface area contributed by atoms with Crippen LogP contribution in [-0.4, -0.2) is 5.11 Å². The Hall–Kier alpha value is -0.730. The predicted molar refractivity (Wildman–Crippen MR) is 50.5 cm³/mol. The first-order valence-electron chi connectivity index (χ1n) is 3.77. The molecular weight excluding hydrogens is 174 g/mol. The summed E-state index contributed by atoms with van der Waals surface area (Å²) < 4.78 is 0. The maximum atomic E-state index is 9.29. The van der Waals surface area contributed by atoms with Crippen molar-refractivity contribution in [3.05, 3.63) is 28.3 Å². The molecule has 3 N–H and O–H groups in total. The van der Waals surface area contributed by atoms with Gasteiger partial charge in [-0.15, -0.1) is 0 Å². The van der Waals surface area contributed by atoms with Gasteiger partial charge in [-0.3, -0.25) is 0 Å². The van der Waals surface area contributed by atoms with Crippen LogP contribution in [0, 0.1) is 6.92 Å². The van der Waals surface area contributed by atoms with E-state index < -0.39 is 0 Å². The summed E-state index contributed by atoms with van der Waals surface area (Å²) in [4.78, 5) is 0. The smallest absolute Gasteiger partial charge is 0.134 e. The van der Waals surface area contributed by atoms with Crippen molar-refractivity contribution in [1.29, 1.82) is 0 Å². The molecule has 3 heteroatoms. The van der Waals surface area contributed by atoms with Gasteiger partial charge < -0.3 is 10.8 Å². The van der Waals surface area contributed by atoms with Gasteiger partial charge in [-0.05, 0) is 37.1 Å². The maximum absolute atomic E-state index is 9.29. The van der Waals surface area contributed by atoms with Gasteiger partial charge in [0, 0.05) is 6.04 Å². The molecule has 0 fully saturated rings. The van der Waals surface area contributed by atoms with Gasteiger partial charge in [-0.1, -0.05) is 11.6 Å². The molecule has 0 aliphatic heterocycles. The Kier molecular flexibility index (Phi) is 2.60. The molecule has 0 heterocycles. The van der Waals surface area contributed by atoms with Crippen LogP contribution in [0.5, 0.6) is 5.75 Å². The minimum Gasteiger partial charge on any atom is -0.506 e. The fourth-order valence-electron chi connectivity index (χ4n) is 1.17. The highest BCUT2D eigenvalue weighted by Crippen LogP contribution is 2.28. The molecule has 0 aromatic heterocycles. The van der Waals surface area contributed by atoms with Gasteiger partial charge in [-0.25, -0.2) is 0 Å². The summed E-state index contributed by atoms with van der Waals surface area (Å²) in [5.41, 5.74) is 7.61. The average Bonchev–Trinajstić information content (AvgIpc) is 1.96. The zero-order chi connectivity index (χ0) is 9.30. The lowest BCUT2D eigenvalue weighted by Gasteiger charge is -2.10. The van der Waals surface area contributed by atoms with Gasteiger partial charge in [0.1, 0.15) is 5.75 Å². The third-order valence-electron chi connectivity index (χ3n) is 1.83. The molecule has 0 aliphatic carbocycles. The van der Waals surface area contributed by atoms with E-state index in [1.807, 2.05) is 13.8 Å². The Balaban J connectivity index is 3.23. The molecule has 0 amide bonds. The van der Waals surface area contributed by atoms with E-state index in [1.54, 1.807) is 12.1 Å². The molecule has 1 aromatic carbocycles. The van der Waals surface area contributed by atoms with E-state index >= 15 is 0 Å². The first kappa shape index (κ1) is 9.36. The number of aromatic hydroxyl groups is 1. The van der Waals surface area contributed by atoms with Crippen LogP contribution >= 0.6 is 11.6 Å². The van der Waals surface area contributed by atoms with E-state index in [-0.39, 0.29) is 11.8 Å². The monoisotopic (exact) mass is 185 g/mol. The van der Waals surface area contributed by atoms with Gasteiger partial charge in [0.15, 0.2) is 0 Å². The molecule has 2 nitrogen and oxygen atoms in total. The highest BCUT2D eigenvalue weighted by molar-refractivity contribution is 6.32. The van der Waals surface area contributed by atoms with E-state index in [0.717, 1.165) is 11.1 Å². The summed E-state index contributed by atoms with van der Waals surface area (Å²) in [6.45, 7) is 3.79. The Morgan fingerprint density at radius 2 is 2.08 bits per heavy atom. The number of aryl methyl sites for hydroxylation is 1. The Labute approximate surface area is 77.0 Å². The Morgan fingerprint density at radius 1 is 1.50 bits per heavy atom. The van der Waals surface area contributed by atoms with Crippen molar-refractivity contribution in [2.24, 2.45) is 5.73 Å². The second-order valence-corrected chi connectivity index (χ2v) is 3.36. The molecule has 0 saturated carbocycles. The van der Waals surface area contributed by atoms with E-state index in [4.69, 9.17) is 17.3 Å². The van der Waals surface area contributed by atoms with Crippen molar-refractivity contribution in [3.8, 4) is 5.75 Å². The predicted octanol–water partition coefficient (Wildman–Crippen LogP) is 2.37. The lowest BCUT2D eigenvalue weighted by molar-refractivity contribution is 0.474. The molecule has 0 saturated heterocycles. The summed E-state index contributed by atoms with van der Waals surface area (Å²) in [7, 11) is 0. The quantitative estimate of drug-likeness (QED) is 0.706. The molecule has 0 bridgehead atoms. The van der Waals surface area contributed by atoms with Gasteiger partial charge in [0.25, 0.3) is 0 Å².